The molecule has 7 nitrogen and oxygen atoms in total. The third kappa shape index (κ3) is 3.33. The van der Waals surface area contributed by atoms with Crippen molar-refractivity contribution in [2.45, 2.75) is 31.8 Å². The summed E-state index contributed by atoms with van der Waals surface area (Å²) in [5.74, 6) is -0.563. The monoisotopic (exact) mass is 371 g/mol. The molecule has 2 amide bonds. The molecule has 0 bridgehead atoms. The van der Waals surface area contributed by atoms with Gasteiger partial charge in [0.2, 0.25) is 10.0 Å². The maximum absolute atomic E-state index is 12.7. The number of fused-ring (bicyclic) bond motifs is 1. The van der Waals surface area contributed by atoms with Crippen molar-refractivity contribution < 1.29 is 18.0 Å². The minimum Gasteiger partial charge on any atom is -0.348 e. The maximum atomic E-state index is 12.7. The van der Waals surface area contributed by atoms with Crippen molar-refractivity contribution in [2.75, 3.05) is 25.4 Å². The highest BCUT2D eigenvalue weighted by molar-refractivity contribution is 7.89. The minimum absolute atomic E-state index is 0.0551. The summed E-state index contributed by atoms with van der Waals surface area (Å²) in [6.45, 7) is 2.90. The lowest BCUT2D eigenvalue weighted by Crippen LogP contribution is -2.44. The molecule has 2 aliphatic rings. The summed E-state index contributed by atoms with van der Waals surface area (Å²) < 4.78 is 25.5. The van der Waals surface area contributed by atoms with Crippen LogP contribution >= 0.6 is 11.3 Å². The van der Waals surface area contributed by atoms with Crippen molar-refractivity contribution in [1.82, 2.24) is 14.5 Å². The zero-order valence-corrected chi connectivity index (χ0v) is 15.1. The fraction of sp³-hybridized carbons (Fsp3) is 0.600. The number of nitrogens with one attached hydrogen (secondary N) is 1. The lowest BCUT2D eigenvalue weighted by Gasteiger charge is -2.23. The predicted octanol–water partition coefficient (Wildman–Crippen LogP) is 0.503. The third-order valence-electron chi connectivity index (χ3n) is 4.45. The van der Waals surface area contributed by atoms with Crippen LogP contribution in [0.2, 0.25) is 0 Å². The Labute approximate surface area is 145 Å². The Hall–Kier alpha value is -1.45. The van der Waals surface area contributed by atoms with Crippen LogP contribution in [-0.4, -0.2) is 66.9 Å². The van der Waals surface area contributed by atoms with Crippen molar-refractivity contribution >= 4 is 33.2 Å². The van der Waals surface area contributed by atoms with Crippen molar-refractivity contribution in [1.29, 1.82) is 0 Å². The van der Waals surface area contributed by atoms with Gasteiger partial charge in [-0.15, -0.1) is 0 Å². The summed E-state index contributed by atoms with van der Waals surface area (Å²) in [6.07, 6.45) is 1.04. The Morgan fingerprint density at radius 3 is 2.92 bits per heavy atom. The van der Waals surface area contributed by atoms with Crippen LogP contribution in [0.25, 0.3) is 0 Å². The largest absolute Gasteiger partial charge is 0.348 e. The van der Waals surface area contributed by atoms with E-state index in [2.05, 4.69) is 5.32 Å². The second-order valence-electron chi connectivity index (χ2n) is 6.16. The number of amides is 2. The smallest absolute Gasteiger partial charge is 0.253 e. The van der Waals surface area contributed by atoms with Crippen LogP contribution in [0.4, 0.5) is 0 Å². The molecular formula is C15H21N3O4S2. The molecule has 9 heteroatoms. The van der Waals surface area contributed by atoms with Gasteiger partial charge in [0.1, 0.15) is 0 Å². The molecule has 1 aromatic rings. The Morgan fingerprint density at radius 1 is 1.46 bits per heavy atom. The molecule has 3 heterocycles. The average Bonchev–Trinajstić information content (AvgIpc) is 3.17. The number of sulfonamides is 1. The van der Waals surface area contributed by atoms with E-state index in [0.717, 1.165) is 4.31 Å². The van der Waals surface area contributed by atoms with Gasteiger partial charge in [0.15, 0.2) is 0 Å². The van der Waals surface area contributed by atoms with Crippen molar-refractivity contribution in [3.63, 3.8) is 0 Å². The van der Waals surface area contributed by atoms with Crippen LogP contribution < -0.4 is 5.32 Å². The number of hydrogen-bond donors (Lipinski definition) is 1. The highest BCUT2D eigenvalue weighted by atomic mass is 32.2. The van der Waals surface area contributed by atoms with Gasteiger partial charge in [-0.25, -0.2) is 12.7 Å². The highest BCUT2D eigenvalue weighted by Gasteiger charge is 2.44. The molecule has 2 aliphatic heterocycles. The fourth-order valence-electron chi connectivity index (χ4n) is 3.27. The molecule has 3 rings (SSSR count). The van der Waals surface area contributed by atoms with Crippen LogP contribution in [0.15, 0.2) is 16.8 Å². The molecule has 132 valence electrons. The lowest BCUT2D eigenvalue weighted by atomic mass is 10.1. The van der Waals surface area contributed by atoms with Gasteiger partial charge in [-0.2, -0.15) is 11.3 Å². The predicted molar refractivity (Wildman–Crippen MR) is 91.3 cm³/mol. The molecule has 2 saturated heterocycles. The standard InChI is InChI=1S/C15H21N3O4S2/c1-2-4-18-15(20)13-8-12(9-17(13)5-7-24(18,21)22)16-14(19)11-3-6-23-10-11/h3,6,10,12-13H,2,4-5,7-9H2,1H3,(H,16,19)/t12-,13-/m0/s1. The first-order valence-corrected chi connectivity index (χ1v) is 10.6. The number of thiophene rings is 1. The third-order valence-corrected chi connectivity index (χ3v) is 6.87. The molecule has 2 fully saturated rings. The summed E-state index contributed by atoms with van der Waals surface area (Å²) in [4.78, 5) is 26.7. The van der Waals surface area contributed by atoms with Gasteiger partial charge >= 0.3 is 0 Å². The van der Waals surface area contributed by atoms with E-state index >= 15 is 0 Å². The summed E-state index contributed by atoms with van der Waals surface area (Å²) in [7, 11) is -3.53. The molecule has 24 heavy (non-hydrogen) atoms. The summed E-state index contributed by atoms with van der Waals surface area (Å²) in [6, 6.07) is 1.14. The number of hydrogen-bond acceptors (Lipinski definition) is 6. The SMILES string of the molecule is CCCN1C(=O)[C@@H]2C[C@H](NC(=O)c3ccsc3)CN2CCS1(=O)=O. The molecule has 0 radical (unpaired) electrons. The zero-order valence-electron chi connectivity index (χ0n) is 13.5. The van der Waals surface area contributed by atoms with Gasteiger partial charge in [0.05, 0.1) is 11.8 Å². The number of nitrogens with zero attached hydrogens (tertiary/aromatic N) is 2. The van der Waals surface area contributed by atoms with Crippen LogP contribution in [-0.2, 0) is 14.8 Å². The molecule has 0 unspecified atom stereocenters. The fourth-order valence-corrected chi connectivity index (χ4v) is 5.45. The lowest BCUT2D eigenvalue weighted by molar-refractivity contribution is -0.130. The molecule has 1 N–H and O–H groups in total. The average molecular weight is 371 g/mol. The Morgan fingerprint density at radius 2 is 2.25 bits per heavy atom. The molecule has 0 saturated carbocycles. The molecule has 0 aromatic carbocycles. The Kier molecular flexibility index (Phi) is 4.93. The van der Waals surface area contributed by atoms with Crippen molar-refractivity contribution in [3.05, 3.63) is 22.4 Å². The Bertz CT molecular complexity index is 717. The second-order valence-corrected chi connectivity index (χ2v) is 8.95. The van der Waals surface area contributed by atoms with Gasteiger partial charge in [-0.3, -0.25) is 14.5 Å². The highest BCUT2D eigenvalue weighted by Crippen LogP contribution is 2.25. The van der Waals surface area contributed by atoms with Gasteiger partial charge in [0.25, 0.3) is 11.8 Å². The van der Waals surface area contributed by atoms with Gasteiger partial charge < -0.3 is 5.32 Å². The molecule has 1 aromatic heterocycles. The number of rotatable bonds is 4. The van der Waals surface area contributed by atoms with E-state index < -0.39 is 16.1 Å². The van der Waals surface area contributed by atoms with Gasteiger partial charge in [-0.1, -0.05) is 6.92 Å². The Balaban J connectivity index is 1.71. The van der Waals surface area contributed by atoms with E-state index in [0.29, 0.717) is 31.5 Å². The maximum Gasteiger partial charge on any atom is 0.253 e. The minimum atomic E-state index is -3.53. The summed E-state index contributed by atoms with van der Waals surface area (Å²) in [5.41, 5.74) is 0.614. The van der Waals surface area contributed by atoms with E-state index in [-0.39, 0.29) is 30.2 Å². The summed E-state index contributed by atoms with van der Waals surface area (Å²) in [5, 5.41) is 6.57. The first kappa shape index (κ1) is 17.4. The molecule has 0 spiro atoms. The summed E-state index contributed by atoms with van der Waals surface area (Å²) >= 11 is 1.46. The van der Waals surface area contributed by atoms with Crippen molar-refractivity contribution in [3.8, 4) is 0 Å². The van der Waals surface area contributed by atoms with Gasteiger partial charge in [0, 0.05) is 36.6 Å². The number of carbonyl (C=O) groups excluding carboxylic acids is 2. The van der Waals surface area contributed by atoms with Crippen molar-refractivity contribution in [2.24, 2.45) is 0 Å². The van der Waals surface area contributed by atoms with Gasteiger partial charge in [-0.05, 0) is 24.3 Å². The normalized spacial score (nSPS) is 26.9. The first-order chi connectivity index (χ1) is 11.4. The molecular weight excluding hydrogens is 350 g/mol. The topological polar surface area (TPSA) is 86.8 Å². The van der Waals surface area contributed by atoms with Crippen LogP contribution in [0.1, 0.15) is 30.1 Å². The molecule has 2 atom stereocenters. The number of carbonyl (C=O) groups is 2. The van der Waals surface area contributed by atoms with Crippen LogP contribution in [0.5, 0.6) is 0 Å². The van der Waals surface area contributed by atoms with Crippen LogP contribution in [0, 0.1) is 0 Å². The van der Waals surface area contributed by atoms with E-state index in [1.807, 2.05) is 17.2 Å². The zero-order chi connectivity index (χ0) is 17.3. The second kappa shape index (κ2) is 6.81. The van der Waals surface area contributed by atoms with E-state index in [1.165, 1.54) is 11.3 Å². The van der Waals surface area contributed by atoms with Crippen LogP contribution in [0.3, 0.4) is 0 Å². The van der Waals surface area contributed by atoms with E-state index in [4.69, 9.17) is 0 Å². The quantitative estimate of drug-likeness (QED) is 0.833. The first-order valence-electron chi connectivity index (χ1n) is 8.03. The van der Waals surface area contributed by atoms with E-state index in [1.54, 1.807) is 11.4 Å². The molecule has 0 aliphatic carbocycles. The van der Waals surface area contributed by atoms with E-state index in [9.17, 15) is 18.0 Å².